The molecule has 0 aliphatic rings. The minimum absolute atomic E-state index is 0.0729. The average molecular weight is 479 g/mol. The molecule has 2 aromatic heterocycles. The number of fused-ring (bicyclic) bond motifs is 2. The van der Waals surface area contributed by atoms with E-state index in [4.69, 9.17) is 4.74 Å². The number of aromatic nitrogens is 4. The minimum atomic E-state index is -0.701. The molecule has 7 nitrogen and oxygen atoms in total. The normalized spacial score (nSPS) is 11.3. The number of aromatic amines is 1. The van der Waals surface area contributed by atoms with E-state index in [0.717, 1.165) is 16.1 Å². The Morgan fingerprint density at radius 2 is 1.87 bits per heavy atom. The zero-order valence-corrected chi connectivity index (χ0v) is 17.8. The van der Waals surface area contributed by atoms with E-state index in [1.54, 1.807) is 33.0 Å². The maximum atomic E-state index is 13.6. The van der Waals surface area contributed by atoms with Gasteiger partial charge in [0.1, 0.15) is 17.2 Å². The van der Waals surface area contributed by atoms with Crippen molar-refractivity contribution in [1.29, 1.82) is 0 Å². The Balaban J connectivity index is 0.000000196. The van der Waals surface area contributed by atoms with Crippen molar-refractivity contribution in [1.82, 2.24) is 20.0 Å². The number of hydrogen-bond donors (Lipinski definition) is 1. The molecule has 0 saturated carbocycles. The minimum Gasteiger partial charge on any atom is -0.442 e. The predicted octanol–water partition coefficient (Wildman–Crippen LogP) is 5.24. The van der Waals surface area contributed by atoms with E-state index in [2.05, 4.69) is 31.2 Å². The summed E-state index contributed by atoms with van der Waals surface area (Å²) in [5.74, 6) is -0.977. The van der Waals surface area contributed by atoms with Gasteiger partial charge in [-0.05, 0) is 48.8 Å². The Kier molecular flexibility index (Phi) is 5.97. The van der Waals surface area contributed by atoms with Crippen molar-refractivity contribution in [3.63, 3.8) is 0 Å². The van der Waals surface area contributed by atoms with E-state index in [0.29, 0.717) is 21.7 Å². The second-order valence-corrected chi connectivity index (χ2v) is 8.17. The first-order valence-corrected chi connectivity index (χ1v) is 9.52. The van der Waals surface area contributed by atoms with Gasteiger partial charge in [0.05, 0.1) is 33.5 Å². The number of rotatable bonds is 1. The quantitative estimate of drug-likeness (QED) is 0.378. The Hall–Kier alpha value is -3.14. The van der Waals surface area contributed by atoms with E-state index >= 15 is 0 Å². The van der Waals surface area contributed by atoms with Crippen molar-refractivity contribution in [3.05, 3.63) is 58.3 Å². The molecule has 0 saturated heterocycles. The van der Waals surface area contributed by atoms with Crippen LogP contribution in [0.2, 0.25) is 0 Å². The second kappa shape index (κ2) is 8.31. The summed E-state index contributed by atoms with van der Waals surface area (Å²) in [5, 5.41) is 11.7. The molecule has 0 radical (unpaired) electrons. The standard InChI is InChI=1S/C13H13FN2O3.C7H4BrFN2/c1-13(2,3)19-12(18)16-11-5-10(14)9(7-17)4-8(11)6-15-16;8-5-1-4-3-10-11-7(4)2-6(5)9/h4-7H,1-3H3;1-3H,(H,10,11). The first-order chi connectivity index (χ1) is 14.1. The molecule has 10 heteroatoms. The predicted molar refractivity (Wildman–Crippen MR) is 110 cm³/mol. The summed E-state index contributed by atoms with van der Waals surface area (Å²) in [7, 11) is 0. The van der Waals surface area contributed by atoms with Gasteiger partial charge in [-0.2, -0.15) is 14.9 Å². The molecule has 2 heterocycles. The highest BCUT2D eigenvalue weighted by Gasteiger charge is 2.20. The number of H-pyrrole nitrogens is 1. The Morgan fingerprint density at radius 3 is 2.53 bits per heavy atom. The van der Waals surface area contributed by atoms with Crippen LogP contribution in [0, 0.1) is 11.6 Å². The van der Waals surface area contributed by atoms with Crippen molar-refractivity contribution in [2.24, 2.45) is 0 Å². The lowest BCUT2D eigenvalue weighted by atomic mass is 10.1. The molecule has 1 N–H and O–H groups in total. The number of nitrogens with one attached hydrogen (secondary N) is 1. The molecule has 0 spiro atoms. The monoisotopic (exact) mass is 478 g/mol. The van der Waals surface area contributed by atoms with Crippen LogP contribution in [0.1, 0.15) is 31.1 Å². The first-order valence-electron chi connectivity index (χ1n) is 8.73. The van der Waals surface area contributed by atoms with Crippen LogP contribution in [-0.2, 0) is 4.74 Å². The number of benzene rings is 2. The van der Waals surface area contributed by atoms with Gasteiger partial charge in [0.2, 0.25) is 0 Å². The Bertz CT molecular complexity index is 1210. The van der Waals surface area contributed by atoms with Gasteiger partial charge >= 0.3 is 6.09 Å². The lowest BCUT2D eigenvalue weighted by molar-refractivity contribution is 0.0522. The van der Waals surface area contributed by atoms with Crippen molar-refractivity contribution in [2.45, 2.75) is 26.4 Å². The van der Waals surface area contributed by atoms with Crippen molar-refractivity contribution in [2.75, 3.05) is 0 Å². The lowest BCUT2D eigenvalue weighted by Gasteiger charge is -2.19. The molecule has 0 amide bonds. The van der Waals surface area contributed by atoms with Crippen molar-refractivity contribution < 1.29 is 23.1 Å². The van der Waals surface area contributed by atoms with Gasteiger partial charge < -0.3 is 4.74 Å². The molecule has 0 aliphatic carbocycles. The second-order valence-electron chi connectivity index (χ2n) is 7.31. The van der Waals surface area contributed by atoms with Crippen LogP contribution in [-0.4, -0.2) is 38.0 Å². The summed E-state index contributed by atoms with van der Waals surface area (Å²) >= 11 is 3.08. The number of ether oxygens (including phenoxy) is 1. The molecule has 156 valence electrons. The highest BCUT2D eigenvalue weighted by atomic mass is 79.9. The van der Waals surface area contributed by atoms with E-state index in [1.165, 1.54) is 18.3 Å². The van der Waals surface area contributed by atoms with E-state index < -0.39 is 17.5 Å². The van der Waals surface area contributed by atoms with Gasteiger partial charge in [-0.15, -0.1) is 0 Å². The topological polar surface area (TPSA) is 89.9 Å². The number of halogens is 3. The summed E-state index contributed by atoms with van der Waals surface area (Å²) in [6.07, 6.45) is 2.76. The van der Waals surface area contributed by atoms with Crippen molar-refractivity contribution >= 4 is 50.1 Å². The third-order valence-corrected chi connectivity index (χ3v) is 4.47. The smallest absolute Gasteiger partial charge is 0.435 e. The SMILES string of the molecule is CC(C)(C)OC(=O)n1ncc2cc(C=O)c(F)cc21.Fc1cc2[nH]ncc2cc1Br. The first kappa shape index (κ1) is 21.6. The van der Waals surface area contributed by atoms with Crippen LogP contribution < -0.4 is 0 Å². The number of aldehydes is 1. The molecule has 0 bridgehead atoms. The lowest BCUT2D eigenvalue weighted by Crippen LogP contribution is -2.27. The van der Waals surface area contributed by atoms with Crippen LogP contribution in [0.3, 0.4) is 0 Å². The molecule has 4 aromatic rings. The zero-order chi connectivity index (χ0) is 22.1. The van der Waals surface area contributed by atoms with E-state index in [1.807, 2.05) is 0 Å². The highest BCUT2D eigenvalue weighted by molar-refractivity contribution is 9.10. The van der Waals surface area contributed by atoms with Crippen molar-refractivity contribution in [3.8, 4) is 0 Å². The Morgan fingerprint density at radius 1 is 1.13 bits per heavy atom. The van der Waals surface area contributed by atoms with Gasteiger partial charge in [-0.3, -0.25) is 9.89 Å². The van der Waals surface area contributed by atoms with Gasteiger partial charge in [0.15, 0.2) is 6.29 Å². The Labute approximate surface area is 178 Å². The van der Waals surface area contributed by atoms with E-state index in [9.17, 15) is 18.4 Å². The maximum absolute atomic E-state index is 13.6. The molecule has 0 aliphatic heterocycles. The molecule has 0 atom stereocenters. The highest BCUT2D eigenvalue weighted by Crippen LogP contribution is 2.21. The van der Waals surface area contributed by atoms with Gasteiger partial charge in [-0.1, -0.05) is 0 Å². The molecule has 4 rings (SSSR count). The number of carbonyl (C=O) groups excluding carboxylic acids is 2. The molecule has 0 fully saturated rings. The summed E-state index contributed by atoms with van der Waals surface area (Å²) in [4.78, 5) is 22.5. The summed E-state index contributed by atoms with van der Waals surface area (Å²) < 4.78 is 33.0. The largest absolute Gasteiger partial charge is 0.442 e. The average Bonchev–Trinajstić information content (AvgIpc) is 3.26. The molecular formula is C20H17BrF2N4O3. The van der Waals surface area contributed by atoms with Gasteiger partial charge in [0, 0.05) is 22.9 Å². The third-order valence-electron chi connectivity index (χ3n) is 3.86. The fourth-order valence-corrected chi connectivity index (χ4v) is 2.91. The van der Waals surface area contributed by atoms with Crippen LogP contribution in [0.25, 0.3) is 21.8 Å². The third kappa shape index (κ3) is 4.70. The van der Waals surface area contributed by atoms with Crippen LogP contribution in [0.15, 0.2) is 41.1 Å². The molecule has 0 unspecified atom stereocenters. The number of carbonyl (C=O) groups is 2. The zero-order valence-electron chi connectivity index (χ0n) is 16.2. The summed E-state index contributed by atoms with van der Waals surface area (Å²) in [6, 6.07) is 5.53. The maximum Gasteiger partial charge on any atom is 0.435 e. The fourth-order valence-electron chi connectivity index (χ4n) is 2.54. The van der Waals surface area contributed by atoms with Gasteiger partial charge in [-0.25, -0.2) is 13.6 Å². The molecular weight excluding hydrogens is 462 g/mol. The fraction of sp³-hybridized carbons (Fsp3) is 0.200. The summed E-state index contributed by atoms with van der Waals surface area (Å²) in [6.45, 7) is 5.17. The van der Waals surface area contributed by atoms with Crippen LogP contribution in [0.4, 0.5) is 13.6 Å². The number of nitrogens with zero attached hydrogens (tertiary/aromatic N) is 3. The molecule has 2 aromatic carbocycles. The molecule has 30 heavy (non-hydrogen) atoms. The van der Waals surface area contributed by atoms with Crippen LogP contribution in [0.5, 0.6) is 0 Å². The van der Waals surface area contributed by atoms with Gasteiger partial charge in [0.25, 0.3) is 0 Å². The number of hydrogen-bond acceptors (Lipinski definition) is 5. The van der Waals surface area contributed by atoms with E-state index in [-0.39, 0.29) is 16.9 Å². The van der Waals surface area contributed by atoms with Crippen LogP contribution >= 0.6 is 15.9 Å². The summed E-state index contributed by atoms with van der Waals surface area (Å²) in [5.41, 5.74) is 0.232.